The summed E-state index contributed by atoms with van der Waals surface area (Å²) in [6.07, 6.45) is 0. The van der Waals surface area contributed by atoms with E-state index in [-0.39, 0.29) is 17.5 Å². The average molecular weight is 261 g/mol. The second kappa shape index (κ2) is 5.18. The van der Waals surface area contributed by atoms with Crippen LogP contribution in [0.25, 0.3) is 0 Å². The van der Waals surface area contributed by atoms with Crippen molar-refractivity contribution >= 4 is 23.5 Å². The Morgan fingerprint density at radius 2 is 2.24 bits per heavy atom. The van der Waals surface area contributed by atoms with Crippen LogP contribution in [-0.4, -0.2) is 30.0 Å². The van der Waals surface area contributed by atoms with Crippen LogP contribution in [0.1, 0.15) is 30.1 Å². The van der Waals surface area contributed by atoms with E-state index in [4.69, 9.17) is 16.1 Å². The zero-order valence-corrected chi connectivity index (χ0v) is 10.5. The monoisotopic (exact) mass is 260 g/mol. The van der Waals surface area contributed by atoms with Crippen molar-refractivity contribution in [3.63, 3.8) is 0 Å². The van der Waals surface area contributed by atoms with Gasteiger partial charge in [0.15, 0.2) is 0 Å². The van der Waals surface area contributed by atoms with Crippen LogP contribution >= 0.6 is 11.6 Å². The molecule has 1 rings (SSSR count). The molecule has 94 valence electrons. The molecule has 0 aromatic carbocycles. The lowest BCUT2D eigenvalue weighted by atomic mass is 10.0. The first kappa shape index (κ1) is 13.5. The lowest BCUT2D eigenvalue weighted by Crippen LogP contribution is -2.41. The van der Waals surface area contributed by atoms with Crippen molar-refractivity contribution < 1.29 is 18.8 Å². The number of methoxy groups -OCH3 is 1. The molecule has 1 amide bonds. The van der Waals surface area contributed by atoms with Gasteiger partial charge in [0.25, 0.3) is 0 Å². The molecule has 0 saturated heterocycles. The van der Waals surface area contributed by atoms with Crippen molar-refractivity contribution in [2.24, 2.45) is 0 Å². The minimum absolute atomic E-state index is 0.0179. The molecule has 0 unspecified atom stereocenters. The molecule has 7 heteroatoms. The lowest BCUT2D eigenvalue weighted by Gasteiger charge is -2.22. The molecule has 0 saturated carbocycles. The number of carbonyl (C=O) groups excluding carboxylic acids is 2. The highest BCUT2D eigenvalue weighted by molar-refractivity contribution is 6.27. The van der Waals surface area contributed by atoms with Gasteiger partial charge < -0.3 is 14.6 Å². The fourth-order valence-corrected chi connectivity index (χ4v) is 1.28. The number of amides is 1. The molecule has 0 aliphatic rings. The van der Waals surface area contributed by atoms with Gasteiger partial charge in [0, 0.05) is 6.07 Å². The third kappa shape index (κ3) is 3.20. The molecule has 17 heavy (non-hydrogen) atoms. The van der Waals surface area contributed by atoms with Crippen LogP contribution in [0.5, 0.6) is 0 Å². The molecule has 1 aromatic rings. The molecule has 0 aliphatic carbocycles. The number of halogens is 1. The van der Waals surface area contributed by atoms with Gasteiger partial charge in [0.2, 0.25) is 11.7 Å². The maximum Gasteiger partial charge on any atom is 0.376 e. The molecule has 1 aromatic heterocycles. The molecule has 0 aliphatic heterocycles. The van der Waals surface area contributed by atoms with Crippen LogP contribution in [0.15, 0.2) is 10.6 Å². The molecule has 0 bridgehead atoms. The van der Waals surface area contributed by atoms with Crippen LogP contribution in [0.4, 0.5) is 0 Å². The highest BCUT2D eigenvalue weighted by Gasteiger charge is 2.28. The summed E-state index contributed by atoms with van der Waals surface area (Å²) in [4.78, 5) is 22.4. The standard InChI is InChI=1S/C10H13ClN2O4/c1-10(2,12-8(14)5-11)7-4-6(17-13-7)9(15)16-3/h4H,5H2,1-3H3,(H,12,14). The zero-order valence-electron chi connectivity index (χ0n) is 9.74. The molecule has 0 spiro atoms. The predicted molar refractivity (Wildman–Crippen MR) is 59.7 cm³/mol. The SMILES string of the molecule is COC(=O)c1cc(C(C)(C)NC(=O)CCl)no1. The highest BCUT2D eigenvalue weighted by atomic mass is 35.5. The van der Waals surface area contributed by atoms with Crippen LogP contribution < -0.4 is 5.32 Å². The number of alkyl halides is 1. The maximum absolute atomic E-state index is 11.2. The Hall–Kier alpha value is -1.56. The lowest BCUT2D eigenvalue weighted by molar-refractivity contribution is -0.120. The van der Waals surface area contributed by atoms with Gasteiger partial charge in [-0.1, -0.05) is 5.16 Å². The highest BCUT2D eigenvalue weighted by Crippen LogP contribution is 2.20. The first-order valence-electron chi connectivity index (χ1n) is 4.83. The molecular weight excluding hydrogens is 248 g/mol. The van der Waals surface area contributed by atoms with E-state index in [0.29, 0.717) is 5.69 Å². The Kier molecular flexibility index (Phi) is 4.11. The van der Waals surface area contributed by atoms with E-state index < -0.39 is 11.5 Å². The number of nitrogens with one attached hydrogen (secondary N) is 1. The van der Waals surface area contributed by atoms with Crippen LogP contribution in [0.3, 0.4) is 0 Å². The number of hydrogen-bond donors (Lipinski definition) is 1. The van der Waals surface area contributed by atoms with Crippen molar-refractivity contribution in [1.82, 2.24) is 10.5 Å². The van der Waals surface area contributed by atoms with Gasteiger partial charge in [-0.3, -0.25) is 4.79 Å². The quantitative estimate of drug-likeness (QED) is 0.646. The largest absolute Gasteiger partial charge is 0.463 e. The number of esters is 1. The van der Waals surface area contributed by atoms with Crippen LogP contribution in [0.2, 0.25) is 0 Å². The van der Waals surface area contributed by atoms with Gasteiger partial charge >= 0.3 is 5.97 Å². The summed E-state index contributed by atoms with van der Waals surface area (Å²) in [6, 6.07) is 1.42. The van der Waals surface area contributed by atoms with E-state index in [0.717, 1.165) is 0 Å². The van der Waals surface area contributed by atoms with E-state index in [2.05, 4.69) is 15.2 Å². The van der Waals surface area contributed by atoms with Gasteiger partial charge in [-0.15, -0.1) is 11.6 Å². The molecule has 6 nitrogen and oxygen atoms in total. The molecule has 1 heterocycles. The maximum atomic E-state index is 11.2. The smallest absolute Gasteiger partial charge is 0.376 e. The van der Waals surface area contributed by atoms with Crippen molar-refractivity contribution in [1.29, 1.82) is 0 Å². The Balaban J connectivity index is 2.88. The van der Waals surface area contributed by atoms with Gasteiger partial charge in [0.05, 0.1) is 12.6 Å². The van der Waals surface area contributed by atoms with E-state index in [1.165, 1.54) is 13.2 Å². The minimum atomic E-state index is -0.776. The minimum Gasteiger partial charge on any atom is -0.463 e. The van der Waals surface area contributed by atoms with E-state index >= 15 is 0 Å². The Labute approximate surface area is 103 Å². The summed E-state index contributed by atoms with van der Waals surface area (Å²) in [5.74, 6) is -1.12. The molecule has 1 N–H and O–H groups in total. The topological polar surface area (TPSA) is 81.4 Å². The van der Waals surface area contributed by atoms with Gasteiger partial charge in [-0.25, -0.2) is 4.79 Å². The average Bonchev–Trinajstić information content (AvgIpc) is 2.77. The van der Waals surface area contributed by atoms with Crippen molar-refractivity contribution in [3.8, 4) is 0 Å². The summed E-state index contributed by atoms with van der Waals surface area (Å²) in [5.41, 5.74) is -0.363. The normalized spacial score (nSPS) is 11.1. The van der Waals surface area contributed by atoms with E-state index in [1.807, 2.05) is 0 Å². The number of rotatable bonds is 4. The van der Waals surface area contributed by atoms with Crippen molar-refractivity contribution in [3.05, 3.63) is 17.5 Å². The second-order valence-electron chi connectivity index (χ2n) is 3.87. The van der Waals surface area contributed by atoms with Crippen molar-refractivity contribution in [2.75, 3.05) is 13.0 Å². The first-order valence-corrected chi connectivity index (χ1v) is 5.36. The summed E-state index contributed by atoms with van der Waals surface area (Å²) in [5, 5.41) is 6.36. The van der Waals surface area contributed by atoms with Gasteiger partial charge in [-0.2, -0.15) is 0 Å². The van der Waals surface area contributed by atoms with Crippen molar-refractivity contribution in [2.45, 2.75) is 19.4 Å². The fraction of sp³-hybridized carbons (Fsp3) is 0.500. The third-order valence-corrected chi connectivity index (χ3v) is 2.35. The van der Waals surface area contributed by atoms with Gasteiger partial charge in [-0.05, 0) is 13.8 Å². The molecule has 0 fully saturated rings. The summed E-state index contributed by atoms with van der Waals surface area (Å²) < 4.78 is 9.29. The predicted octanol–water partition coefficient (Wildman–Crippen LogP) is 1.05. The van der Waals surface area contributed by atoms with Crippen LogP contribution in [-0.2, 0) is 15.1 Å². The Bertz CT molecular complexity index is 428. The molecular formula is C10H13ClN2O4. The first-order chi connectivity index (χ1) is 7.90. The fourth-order valence-electron chi connectivity index (χ4n) is 1.21. The van der Waals surface area contributed by atoms with Crippen LogP contribution in [0, 0.1) is 0 Å². The number of hydrogen-bond acceptors (Lipinski definition) is 5. The van der Waals surface area contributed by atoms with E-state index in [9.17, 15) is 9.59 Å². The number of carbonyl (C=O) groups is 2. The summed E-state index contributed by atoms with van der Waals surface area (Å²) in [6.45, 7) is 3.44. The summed E-state index contributed by atoms with van der Waals surface area (Å²) in [7, 11) is 1.24. The summed E-state index contributed by atoms with van der Waals surface area (Å²) >= 11 is 5.39. The van der Waals surface area contributed by atoms with Gasteiger partial charge in [0.1, 0.15) is 11.6 Å². The number of ether oxygens (including phenoxy) is 1. The zero-order chi connectivity index (χ0) is 13.1. The second-order valence-corrected chi connectivity index (χ2v) is 4.14. The Morgan fingerprint density at radius 1 is 1.59 bits per heavy atom. The number of nitrogens with zero attached hydrogens (tertiary/aromatic N) is 1. The van der Waals surface area contributed by atoms with E-state index in [1.54, 1.807) is 13.8 Å². The number of aromatic nitrogens is 1. The molecule has 0 radical (unpaired) electrons. The third-order valence-electron chi connectivity index (χ3n) is 2.11. The Morgan fingerprint density at radius 3 is 2.76 bits per heavy atom. The molecule has 0 atom stereocenters.